The number of aliphatic hydroxyl groups is 1. The Kier molecular flexibility index (Phi) is 3.52. The van der Waals surface area contributed by atoms with Crippen molar-refractivity contribution in [1.82, 2.24) is 0 Å². The van der Waals surface area contributed by atoms with Crippen LogP contribution in [0.4, 0.5) is 0 Å². The minimum Gasteiger partial charge on any atom is -0.380 e. The van der Waals surface area contributed by atoms with Crippen LogP contribution in [0.25, 0.3) is 0 Å². The van der Waals surface area contributed by atoms with Crippen molar-refractivity contribution in [2.75, 3.05) is 0 Å². The summed E-state index contributed by atoms with van der Waals surface area (Å²) in [6, 6.07) is 0. The summed E-state index contributed by atoms with van der Waals surface area (Å²) in [5.74, 6) is 4.66. The Balaban J connectivity index is 2.00. The van der Waals surface area contributed by atoms with Crippen LogP contribution in [-0.4, -0.2) is 19.3 Å². The highest BCUT2D eigenvalue weighted by Gasteiger charge is 2.37. The molecule has 0 amide bonds. The smallest absolute Gasteiger partial charge is 0.129 e. The number of aliphatic hydroxyl groups excluding tert-OH is 1. The molecule has 0 aromatic rings. The minimum atomic E-state index is -1.35. The molecule has 0 aromatic carbocycles. The maximum Gasteiger partial charge on any atom is 0.129 e. The normalized spacial score (nSPS) is 29.2. The predicted octanol–water partition coefficient (Wildman–Crippen LogP) is 3.36. The van der Waals surface area contributed by atoms with Crippen LogP contribution < -0.4 is 0 Å². The molecule has 2 rings (SSSR count). The third-order valence-electron chi connectivity index (χ3n) is 4.07. The zero-order valence-corrected chi connectivity index (χ0v) is 12.5. The molecular formula is C15H24OSi. The predicted molar refractivity (Wildman–Crippen MR) is 75.3 cm³/mol. The zero-order valence-electron chi connectivity index (χ0n) is 11.5. The zero-order chi connectivity index (χ0) is 12.6. The molecule has 0 aliphatic heterocycles. The Hall–Kier alpha value is -0.523. The molecule has 94 valence electrons. The maximum absolute atomic E-state index is 10.0. The molecule has 0 heterocycles. The molecule has 1 nitrogen and oxygen atoms in total. The molecule has 2 aliphatic rings. The van der Waals surface area contributed by atoms with E-state index < -0.39 is 14.2 Å². The summed E-state index contributed by atoms with van der Waals surface area (Å²) < 4.78 is 0. The standard InChI is InChI=1S/C15H24OSi/c1-11-12-5-6-13(9-12)15(11)10-14(16)7-8-17(2,3)4/h12-14,16H,5-6,9-10H2,1-4H3. The van der Waals surface area contributed by atoms with E-state index >= 15 is 0 Å². The average Bonchev–Trinajstić information content (AvgIpc) is 2.78. The minimum absolute atomic E-state index is 0.439. The summed E-state index contributed by atoms with van der Waals surface area (Å²) in [5.41, 5.74) is 6.36. The van der Waals surface area contributed by atoms with Crippen molar-refractivity contribution >= 4 is 8.07 Å². The highest BCUT2D eigenvalue weighted by atomic mass is 28.3. The first-order chi connectivity index (χ1) is 7.87. The van der Waals surface area contributed by atoms with E-state index in [-0.39, 0.29) is 0 Å². The van der Waals surface area contributed by atoms with E-state index in [0.29, 0.717) is 0 Å². The topological polar surface area (TPSA) is 20.2 Å². The Labute approximate surface area is 106 Å². The van der Waals surface area contributed by atoms with E-state index in [1.165, 1.54) is 24.8 Å². The van der Waals surface area contributed by atoms with Crippen LogP contribution in [0.2, 0.25) is 19.6 Å². The summed E-state index contributed by atoms with van der Waals surface area (Å²) in [6.07, 6.45) is 4.41. The van der Waals surface area contributed by atoms with Crippen LogP contribution in [0.5, 0.6) is 0 Å². The lowest BCUT2D eigenvalue weighted by molar-refractivity contribution is 0.229. The number of hydrogen-bond acceptors (Lipinski definition) is 1. The summed E-state index contributed by atoms with van der Waals surface area (Å²) >= 11 is 0. The van der Waals surface area contributed by atoms with E-state index in [9.17, 15) is 5.11 Å². The Bertz CT molecular complexity index is 391. The van der Waals surface area contributed by atoms with Gasteiger partial charge in [-0.15, -0.1) is 5.54 Å². The summed E-state index contributed by atoms with van der Waals surface area (Å²) in [4.78, 5) is 0. The fourth-order valence-electron chi connectivity index (χ4n) is 3.16. The largest absolute Gasteiger partial charge is 0.380 e. The van der Waals surface area contributed by atoms with Crippen LogP contribution in [0.15, 0.2) is 11.1 Å². The van der Waals surface area contributed by atoms with E-state index in [1.54, 1.807) is 5.57 Å². The summed E-state index contributed by atoms with van der Waals surface area (Å²) in [6.45, 7) is 8.91. The average molecular weight is 248 g/mol. The first-order valence-corrected chi connectivity index (χ1v) is 10.3. The fourth-order valence-corrected chi connectivity index (χ4v) is 3.76. The van der Waals surface area contributed by atoms with Crippen molar-refractivity contribution in [2.45, 2.75) is 58.4 Å². The van der Waals surface area contributed by atoms with Gasteiger partial charge in [-0.2, -0.15) is 0 Å². The molecule has 1 saturated carbocycles. The Morgan fingerprint density at radius 1 is 1.29 bits per heavy atom. The lowest BCUT2D eigenvalue weighted by Crippen LogP contribution is -2.18. The molecule has 0 saturated heterocycles. The SMILES string of the molecule is CC1=C(CC(O)C#C[Si](C)(C)C)C2CCC1C2. The molecule has 1 N–H and O–H groups in total. The van der Waals surface area contributed by atoms with Crippen molar-refractivity contribution in [1.29, 1.82) is 0 Å². The van der Waals surface area contributed by atoms with Gasteiger partial charge in [0.1, 0.15) is 14.2 Å². The number of rotatable bonds is 2. The van der Waals surface area contributed by atoms with Gasteiger partial charge < -0.3 is 5.11 Å². The van der Waals surface area contributed by atoms with Crippen molar-refractivity contribution in [3.05, 3.63) is 11.1 Å². The van der Waals surface area contributed by atoms with E-state index in [0.717, 1.165) is 18.3 Å². The van der Waals surface area contributed by atoms with Crippen LogP contribution in [-0.2, 0) is 0 Å². The van der Waals surface area contributed by atoms with Crippen LogP contribution >= 0.6 is 0 Å². The number of allylic oxidation sites excluding steroid dienone is 1. The van der Waals surface area contributed by atoms with Crippen molar-refractivity contribution in [3.63, 3.8) is 0 Å². The van der Waals surface area contributed by atoms with Crippen molar-refractivity contribution in [2.24, 2.45) is 11.8 Å². The van der Waals surface area contributed by atoms with Gasteiger partial charge in [0.2, 0.25) is 0 Å². The fraction of sp³-hybridized carbons (Fsp3) is 0.733. The van der Waals surface area contributed by atoms with Crippen molar-refractivity contribution < 1.29 is 5.11 Å². The Morgan fingerprint density at radius 2 is 1.94 bits per heavy atom. The molecule has 2 bridgehead atoms. The van der Waals surface area contributed by atoms with E-state index in [4.69, 9.17) is 0 Å². The molecule has 1 fully saturated rings. The van der Waals surface area contributed by atoms with Gasteiger partial charge in [0, 0.05) is 6.42 Å². The highest BCUT2D eigenvalue weighted by Crippen LogP contribution is 2.49. The van der Waals surface area contributed by atoms with Gasteiger partial charge in [0.05, 0.1) is 0 Å². The number of fused-ring (bicyclic) bond motifs is 2. The van der Waals surface area contributed by atoms with E-state index in [2.05, 4.69) is 38.0 Å². The summed E-state index contributed by atoms with van der Waals surface area (Å²) in [7, 11) is -1.35. The molecular weight excluding hydrogens is 224 g/mol. The van der Waals surface area contributed by atoms with Crippen molar-refractivity contribution in [3.8, 4) is 11.5 Å². The van der Waals surface area contributed by atoms with Crippen LogP contribution in [0, 0.1) is 23.3 Å². The van der Waals surface area contributed by atoms with Gasteiger partial charge in [-0.25, -0.2) is 0 Å². The van der Waals surface area contributed by atoms with Gasteiger partial charge in [-0.3, -0.25) is 0 Å². The molecule has 3 unspecified atom stereocenters. The van der Waals surface area contributed by atoms with E-state index in [1.807, 2.05) is 0 Å². The van der Waals surface area contributed by atoms with Crippen LogP contribution in [0.3, 0.4) is 0 Å². The maximum atomic E-state index is 10.0. The van der Waals surface area contributed by atoms with Gasteiger partial charge in [-0.05, 0) is 38.0 Å². The first kappa shape index (κ1) is 12.9. The second kappa shape index (κ2) is 4.63. The molecule has 0 aromatic heterocycles. The third-order valence-corrected chi connectivity index (χ3v) is 4.97. The molecule has 3 atom stereocenters. The lowest BCUT2D eigenvalue weighted by Gasteiger charge is -2.18. The molecule has 0 radical (unpaired) electrons. The second-order valence-electron chi connectivity index (χ2n) is 6.65. The second-order valence-corrected chi connectivity index (χ2v) is 11.4. The highest BCUT2D eigenvalue weighted by molar-refractivity contribution is 6.83. The van der Waals surface area contributed by atoms with Crippen LogP contribution in [0.1, 0.15) is 32.6 Å². The van der Waals surface area contributed by atoms with Gasteiger partial charge in [0.25, 0.3) is 0 Å². The number of hydrogen-bond donors (Lipinski definition) is 1. The monoisotopic (exact) mass is 248 g/mol. The van der Waals surface area contributed by atoms with Gasteiger partial charge in [-0.1, -0.05) is 36.7 Å². The quantitative estimate of drug-likeness (QED) is 0.451. The first-order valence-electron chi connectivity index (χ1n) is 6.77. The van der Waals surface area contributed by atoms with Gasteiger partial charge in [0.15, 0.2) is 0 Å². The van der Waals surface area contributed by atoms with Gasteiger partial charge >= 0.3 is 0 Å². The molecule has 17 heavy (non-hydrogen) atoms. The molecule has 0 spiro atoms. The lowest BCUT2D eigenvalue weighted by atomic mass is 9.89. The Morgan fingerprint density at radius 3 is 2.47 bits per heavy atom. The molecule has 2 aliphatic carbocycles. The third kappa shape index (κ3) is 3.03. The molecule has 2 heteroatoms. The summed E-state index contributed by atoms with van der Waals surface area (Å²) in [5, 5.41) is 10.0.